The molecule has 2 heteroatoms. The number of aryl methyl sites for hydroxylation is 1. The van der Waals surface area contributed by atoms with Gasteiger partial charge in [-0.25, -0.2) is 0 Å². The molecule has 1 aliphatic carbocycles. The lowest BCUT2D eigenvalue weighted by atomic mass is 9.63. The summed E-state index contributed by atoms with van der Waals surface area (Å²) in [5.41, 5.74) is 5.41. The van der Waals surface area contributed by atoms with Crippen LogP contribution in [-0.2, 0) is 10.2 Å². The third kappa shape index (κ3) is 4.11. The summed E-state index contributed by atoms with van der Waals surface area (Å²) in [7, 11) is 0. The Bertz CT molecular complexity index is 859. The number of allylic oxidation sites excluding steroid dienone is 4. The van der Waals surface area contributed by atoms with Gasteiger partial charge in [-0.3, -0.25) is 4.79 Å². The highest BCUT2D eigenvalue weighted by Crippen LogP contribution is 2.48. The first-order valence-corrected chi connectivity index (χ1v) is 10.3. The lowest BCUT2D eigenvalue weighted by Crippen LogP contribution is -2.36. The summed E-state index contributed by atoms with van der Waals surface area (Å²) in [6, 6.07) is 4.12. The van der Waals surface area contributed by atoms with E-state index in [0.717, 1.165) is 33.4 Å². The van der Waals surface area contributed by atoms with Crippen molar-refractivity contribution in [3.8, 4) is 5.75 Å². The minimum Gasteiger partial charge on any atom is -0.507 e. The van der Waals surface area contributed by atoms with Gasteiger partial charge in [0.05, 0.1) is 5.92 Å². The van der Waals surface area contributed by atoms with Crippen LogP contribution in [0.3, 0.4) is 0 Å². The largest absolute Gasteiger partial charge is 0.507 e. The third-order valence-electron chi connectivity index (χ3n) is 5.70. The molecule has 2 rings (SSSR count). The van der Waals surface area contributed by atoms with Crippen LogP contribution in [0.4, 0.5) is 0 Å². The zero-order valence-corrected chi connectivity index (χ0v) is 19.7. The van der Waals surface area contributed by atoms with E-state index in [0.29, 0.717) is 5.75 Å². The number of hydrogen-bond acceptors (Lipinski definition) is 2. The number of phenols is 1. The van der Waals surface area contributed by atoms with Crippen LogP contribution in [0.1, 0.15) is 85.9 Å². The second-order valence-electron chi connectivity index (χ2n) is 11.5. The summed E-state index contributed by atoms with van der Waals surface area (Å²) in [5, 5.41) is 10.7. The first-order chi connectivity index (χ1) is 12.5. The molecule has 0 spiro atoms. The molecule has 0 fully saturated rings. The molecule has 2 nitrogen and oxygen atoms in total. The molecule has 1 atom stereocenters. The molecular weight excluding hydrogens is 344 g/mol. The van der Waals surface area contributed by atoms with Crippen molar-refractivity contribution in [2.24, 2.45) is 16.7 Å². The van der Waals surface area contributed by atoms with Gasteiger partial charge in [0.2, 0.25) is 0 Å². The van der Waals surface area contributed by atoms with E-state index in [1.165, 1.54) is 0 Å². The monoisotopic (exact) mass is 382 g/mol. The number of hydrogen-bond donors (Lipinski definition) is 1. The van der Waals surface area contributed by atoms with Gasteiger partial charge in [-0.1, -0.05) is 68.4 Å². The SMILES string of the molecule is CC1=C(c2cc(C)c(O)c(C(C)(C)C)c2)C(C(C)(C)C)C(=O)C(C(C)(C)C)=C1. The molecule has 1 aromatic rings. The van der Waals surface area contributed by atoms with E-state index in [1.54, 1.807) is 0 Å². The van der Waals surface area contributed by atoms with Gasteiger partial charge in [0, 0.05) is 11.1 Å². The lowest BCUT2D eigenvalue weighted by Gasteiger charge is -2.39. The van der Waals surface area contributed by atoms with Gasteiger partial charge in [-0.2, -0.15) is 0 Å². The van der Waals surface area contributed by atoms with Crippen LogP contribution in [0.15, 0.2) is 29.4 Å². The molecule has 28 heavy (non-hydrogen) atoms. The van der Waals surface area contributed by atoms with E-state index in [9.17, 15) is 9.90 Å². The zero-order valence-electron chi connectivity index (χ0n) is 19.7. The molecule has 0 aromatic heterocycles. The van der Waals surface area contributed by atoms with Gasteiger partial charge in [-0.15, -0.1) is 0 Å². The first-order valence-electron chi connectivity index (χ1n) is 10.3. The summed E-state index contributed by atoms with van der Waals surface area (Å²) in [5.74, 6) is 0.377. The van der Waals surface area contributed by atoms with Gasteiger partial charge in [0.15, 0.2) is 5.78 Å². The topological polar surface area (TPSA) is 37.3 Å². The van der Waals surface area contributed by atoms with Crippen molar-refractivity contribution >= 4 is 11.4 Å². The zero-order chi connectivity index (χ0) is 21.8. The van der Waals surface area contributed by atoms with E-state index in [-0.39, 0.29) is 27.9 Å². The Morgan fingerprint density at radius 1 is 0.857 bits per heavy atom. The number of ketones is 1. The minimum absolute atomic E-state index is 0.179. The van der Waals surface area contributed by atoms with Gasteiger partial charge >= 0.3 is 0 Å². The fraction of sp³-hybridized carbons (Fsp3) is 0.577. The summed E-state index contributed by atoms with van der Waals surface area (Å²) in [6.45, 7) is 23.1. The Labute approximate surface area is 171 Å². The molecule has 1 unspecified atom stereocenters. The fourth-order valence-electron chi connectivity index (χ4n) is 4.19. The molecule has 0 amide bonds. The van der Waals surface area contributed by atoms with E-state index in [1.807, 2.05) is 13.0 Å². The Hall–Kier alpha value is -1.83. The summed E-state index contributed by atoms with van der Waals surface area (Å²) < 4.78 is 0. The normalized spacial score (nSPS) is 19.2. The molecule has 154 valence electrons. The van der Waals surface area contributed by atoms with Gasteiger partial charge < -0.3 is 5.11 Å². The van der Waals surface area contributed by atoms with Crippen molar-refractivity contribution in [1.82, 2.24) is 0 Å². The lowest BCUT2D eigenvalue weighted by molar-refractivity contribution is -0.121. The molecular formula is C26H38O2. The predicted molar refractivity (Wildman–Crippen MR) is 120 cm³/mol. The minimum atomic E-state index is -0.205. The average Bonchev–Trinajstić information content (AvgIpc) is 2.48. The summed E-state index contributed by atoms with van der Waals surface area (Å²) in [4.78, 5) is 13.6. The molecule has 0 radical (unpaired) electrons. The van der Waals surface area contributed by atoms with E-state index >= 15 is 0 Å². The molecule has 0 saturated carbocycles. The van der Waals surface area contributed by atoms with Gasteiger partial charge in [-0.05, 0) is 64.5 Å². The second kappa shape index (κ2) is 6.90. The molecule has 1 aromatic carbocycles. The highest BCUT2D eigenvalue weighted by molar-refractivity contribution is 6.09. The maximum absolute atomic E-state index is 13.6. The molecule has 0 aliphatic heterocycles. The van der Waals surface area contributed by atoms with Crippen LogP contribution in [-0.4, -0.2) is 10.9 Å². The van der Waals surface area contributed by atoms with Crippen LogP contribution in [0.25, 0.3) is 5.57 Å². The molecule has 0 bridgehead atoms. The number of carbonyl (C=O) groups excluding carboxylic acids is 1. The Morgan fingerprint density at radius 3 is 1.82 bits per heavy atom. The summed E-state index contributed by atoms with van der Waals surface area (Å²) in [6.07, 6.45) is 2.08. The maximum Gasteiger partial charge on any atom is 0.167 e. The van der Waals surface area contributed by atoms with Crippen molar-refractivity contribution in [2.45, 2.75) is 81.6 Å². The van der Waals surface area contributed by atoms with Crippen molar-refractivity contribution in [1.29, 1.82) is 0 Å². The number of phenolic OH excluding ortho intramolecular Hbond substituents is 1. The first kappa shape index (κ1) is 22.5. The smallest absolute Gasteiger partial charge is 0.167 e. The Morgan fingerprint density at radius 2 is 1.39 bits per heavy atom. The van der Waals surface area contributed by atoms with Crippen LogP contribution in [0.2, 0.25) is 0 Å². The van der Waals surface area contributed by atoms with Crippen molar-refractivity contribution < 1.29 is 9.90 Å². The van der Waals surface area contributed by atoms with Crippen molar-refractivity contribution in [3.05, 3.63) is 46.0 Å². The summed E-state index contributed by atoms with van der Waals surface area (Å²) >= 11 is 0. The number of Topliss-reactive ketones (excluding diaryl/α,β-unsaturated/α-hetero) is 1. The van der Waals surface area contributed by atoms with Gasteiger partial charge in [0.25, 0.3) is 0 Å². The number of carbonyl (C=O) groups is 1. The molecule has 0 heterocycles. The molecule has 0 saturated heterocycles. The van der Waals surface area contributed by atoms with E-state index in [4.69, 9.17) is 0 Å². The number of aromatic hydroxyl groups is 1. The number of benzene rings is 1. The van der Waals surface area contributed by atoms with Gasteiger partial charge in [0.1, 0.15) is 5.75 Å². The number of rotatable bonds is 1. The average molecular weight is 383 g/mol. The fourth-order valence-corrected chi connectivity index (χ4v) is 4.19. The highest BCUT2D eigenvalue weighted by Gasteiger charge is 2.42. The quantitative estimate of drug-likeness (QED) is 0.568. The Balaban J connectivity index is 2.86. The third-order valence-corrected chi connectivity index (χ3v) is 5.70. The maximum atomic E-state index is 13.6. The molecule has 1 N–H and O–H groups in total. The second-order valence-corrected chi connectivity index (χ2v) is 11.5. The highest BCUT2D eigenvalue weighted by atomic mass is 16.3. The van der Waals surface area contributed by atoms with Crippen LogP contribution in [0, 0.1) is 23.7 Å². The van der Waals surface area contributed by atoms with Crippen LogP contribution in [0.5, 0.6) is 5.75 Å². The predicted octanol–water partition coefficient (Wildman–Crippen LogP) is 6.99. The standard InChI is InChI=1S/C26H38O2/c1-15-13-18(24(3,4)5)23(28)21(26(9,10)11)20(15)17-12-16(2)22(27)19(14-17)25(6,7)8/h12-14,21,27H,1-11H3. The van der Waals surface area contributed by atoms with Crippen molar-refractivity contribution in [3.63, 3.8) is 0 Å². The van der Waals surface area contributed by atoms with Crippen LogP contribution >= 0.6 is 0 Å². The Kier molecular flexibility index (Phi) is 5.53. The van der Waals surface area contributed by atoms with Crippen molar-refractivity contribution in [2.75, 3.05) is 0 Å². The molecule has 1 aliphatic rings. The van der Waals surface area contributed by atoms with E-state index < -0.39 is 0 Å². The van der Waals surface area contributed by atoms with Crippen LogP contribution < -0.4 is 0 Å². The van der Waals surface area contributed by atoms with E-state index in [2.05, 4.69) is 81.4 Å².